The molecule has 0 unspecified atom stereocenters. The minimum atomic E-state index is -1.57. The second-order valence-electron chi connectivity index (χ2n) is 15.7. The summed E-state index contributed by atoms with van der Waals surface area (Å²) >= 11 is 0. The highest BCUT2D eigenvalue weighted by Gasteiger charge is 2.66. The van der Waals surface area contributed by atoms with E-state index in [-0.39, 0.29) is 54.6 Å². The number of aliphatic carboxylic acids is 1. The summed E-state index contributed by atoms with van der Waals surface area (Å²) in [5, 5.41) is 26.6. The van der Waals surface area contributed by atoms with Crippen LogP contribution in [0.5, 0.6) is 0 Å². The Kier molecular flexibility index (Phi) is 12.2. The molecule has 0 aliphatic heterocycles. The summed E-state index contributed by atoms with van der Waals surface area (Å²) in [7, 11) is 0. The lowest BCUT2D eigenvalue weighted by atomic mass is 9.46. The molecule has 7 atom stereocenters. The van der Waals surface area contributed by atoms with Crippen LogP contribution in [0, 0.1) is 28.6 Å². The first-order valence-electron chi connectivity index (χ1n) is 18.7. The van der Waals surface area contributed by atoms with Gasteiger partial charge in [-0.2, -0.15) is 0 Å². The number of amides is 2. The van der Waals surface area contributed by atoms with Crippen LogP contribution in [0.4, 0.5) is 0 Å². The maximum absolute atomic E-state index is 13.5. The van der Waals surface area contributed by atoms with Gasteiger partial charge in [-0.25, -0.2) is 4.79 Å². The third kappa shape index (κ3) is 8.45. The number of benzene rings is 1. The van der Waals surface area contributed by atoms with E-state index in [4.69, 9.17) is 4.74 Å². The molecule has 1 aromatic carbocycles. The van der Waals surface area contributed by atoms with E-state index >= 15 is 0 Å². The zero-order chi connectivity index (χ0) is 36.8. The quantitative estimate of drug-likeness (QED) is 0.141. The Labute approximate surface area is 300 Å². The Hall–Kier alpha value is -3.86. The first-order chi connectivity index (χ1) is 24.3. The number of carboxylic acid groups (broad SMARTS) is 1. The smallest absolute Gasteiger partial charge is 0.326 e. The lowest BCUT2D eigenvalue weighted by molar-refractivity contribution is -0.170. The molecule has 2 amide bonds. The van der Waals surface area contributed by atoms with Crippen molar-refractivity contribution in [3.63, 3.8) is 0 Å². The summed E-state index contributed by atoms with van der Waals surface area (Å²) in [4.78, 5) is 74.2. The molecule has 4 aliphatic carbocycles. The van der Waals surface area contributed by atoms with Gasteiger partial charge in [0.1, 0.15) is 11.6 Å². The van der Waals surface area contributed by atoms with Crippen molar-refractivity contribution in [1.29, 1.82) is 0 Å². The van der Waals surface area contributed by atoms with E-state index < -0.39 is 41.4 Å². The van der Waals surface area contributed by atoms with Gasteiger partial charge in [-0.15, -0.1) is 0 Å². The predicted octanol–water partition coefficient (Wildman–Crippen LogP) is 4.63. The predicted molar refractivity (Wildman–Crippen MR) is 188 cm³/mol. The van der Waals surface area contributed by atoms with Crippen molar-refractivity contribution in [1.82, 2.24) is 10.6 Å². The molecule has 0 heterocycles. The van der Waals surface area contributed by atoms with E-state index in [2.05, 4.69) is 17.6 Å². The number of carbonyl (C=O) groups excluding carboxylic acids is 5. The van der Waals surface area contributed by atoms with Gasteiger partial charge in [-0.05, 0) is 92.6 Å². The molecule has 3 saturated carbocycles. The molecule has 3 fully saturated rings. The lowest BCUT2D eigenvalue weighted by Gasteiger charge is -2.58. The van der Waals surface area contributed by atoms with E-state index in [1.165, 1.54) is 5.57 Å². The molecule has 4 N–H and O–H groups in total. The molecule has 11 heteroatoms. The molecule has 5 rings (SSSR count). The lowest BCUT2D eigenvalue weighted by Crippen LogP contribution is -2.58. The largest absolute Gasteiger partial charge is 0.480 e. The number of nitrogens with one attached hydrogen (secondary N) is 2. The standard InChI is InChI=1S/C40H54N2O9/c1-38-19-16-28(43)24-27(38)12-13-29-30(38)17-20-39(2)31(29)18-21-40(39,50)33(44)25-51-36(47)15-14-34(45)41-22-8-4-7-11-35(46)42-32(37(48)49)23-26-9-5-3-6-10-26/h3,5-6,9-10,24,29-32,50H,4,7-8,11-23,25H2,1-2H3,(H,41,45)(H,42,46)(H,48,49)/t29-,30-,31-,32+,38+,39+,40+/m1/s1. The van der Waals surface area contributed by atoms with Crippen LogP contribution in [0.3, 0.4) is 0 Å². The van der Waals surface area contributed by atoms with Crippen LogP contribution < -0.4 is 10.6 Å². The number of carbonyl (C=O) groups is 6. The maximum atomic E-state index is 13.5. The minimum absolute atomic E-state index is 0.000793. The maximum Gasteiger partial charge on any atom is 0.326 e. The fourth-order valence-electron chi connectivity index (χ4n) is 9.81. The molecule has 0 spiro atoms. The van der Waals surface area contributed by atoms with Gasteiger partial charge >= 0.3 is 11.9 Å². The number of aliphatic hydroxyl groups is 1. The average Bonchev–Trinajstić information content (AvgIpc) is 3.39. The molecule has 11 nitrogen and oxygen atoms in total. The first kappa shape index (κ1) is 38.4. The fourth-order valence-corrected chi connectivity index (χ4v) is 9.81. The van der Waals surface area contributed by atoms with Crippen LogP contribution in [0.15, 0.2) is 42.0 Å². The van der Waals surface area contributed by atoms with Gasteiger partial charge < -0.3 is 25.6 Å². The second kappa shape index (κ2) is 16.2. The molecule has 1 aromatic rings. The first-order valence-corrected chi connectivity index (χ1v) is 18.7. The van der Waals surface area contributed by atoms with Crippen molar-refractivity contribution in [2.75, 3.05) is 13.2 Å². The number of ether oxygens (including phenoxy) is 1. The minimum Gasteiger partial charge on any atom is -0.480 e. The number of rotatable bonds is 16. The van der Waals surface area contributed by atoms with Crippen LogP contribution in [0.2, 0.25) is 0 Å². The van der Waals surface area contributed by atoms with E-state index in [9.17, 15) is 39.0 Å². The number of ketones is 2. The van der Waals surface area contributed by atoms with E-state index in [1.807, 2.05) is 43.3 Å². The molecule has 0 aromatic heterocycles. The van der Waals surface area contributed by atoms with Crippen molar-refractivity contribution in [2.24, 2.45) is 28.6 Å². The molecule has 278 valence electrons. The van der Waals surface area contributed by atoms with Gasteiger partial charge in [-0.3, -0.25) is 24.0 Å². The van der Waals surface area contributed by atoms with Crippen LogP contribution in [0.25, 0.3) is 0 Å². The van der Waals surface area contributed by atoms with Crippen LogP contribution >= 0.6 is 0 Å². The summed E-state index contributed by atoms with van der Waals surface area (Å²) in [6.45, 7) is 4.17. The van der Waals surface area contributed by atoms with Gasteiger partial charge in [0.25, 0.3) is 0 Å². The Balaban J connectivity index is 0.970. The number of Topliss-reactive ketones (excluding diaryl/α,β-unsaturated/α-hetero) is 1. The number of hydrogen-bond acceptors (Lipinski definition) is 8. The Morgan fingerprint density at radius 3 is 2.37 bits per heavy atom. The Bertz CT molecular complexity index is 1520. The van der Waals surface area contributed by atoms with Crippen molar-refractivity contribution in [3.8, 4) is 0 Å². The summed E-state index contributed by atoms with van der Waals surface area (Å²) < 4.78 is 5.27. The zero-order valence-corrected chi connectivity index (χ0v) is 30.0. The third-order valence-corrected chi connectivity index (χ3v) is 12.8. The highest BCUT2D eigenvalue weighted by Crippen LogP contribution is 2.67. The van der Waals surface area contributed by atoms with Crippen LogP contribution in [-0.4, -0.2) is 70.3 Å². The average molecular weight is 707 g/mol. The Morgan fingerprint density at radius 2 is 1.63 bits per heavy atom. The number of esters is 1. The molecule has 4 aliphatic rings. The molecule has 51 heavy (non-hydrogen) atoms. The normalized spacial score (nSPS) is 30.1. The highest BCUT2D eigenvalue weighted by molar-refractivity contribution is 5.92. The number of carboxylic acids is 1. The number of allylic oxidation sites excluding steroid dienone is 1. The van der Waals surface area contributed by atoms with E-state index in [0.29, 0.717) is 56.9 Å². The number of unbranched alkanes of at least 4 members (excludes halogenated alkanes) is 2. The third-order valence-electron chi connectivity index (χ3n) is 12.8. The van der Waals surface area contributed by atoms with Gasteiger partial charge in [0.2, 0.25) is 17.6 Å². The fraction of sp³-hybridized carbons (Fsp3) is 0.650. The summed E-state index contributed by atoms with van der Waals surface area (Å²) in [5.41, 5.74) is -0.0751. The SMILES string of the molecule is C[C@]12CCC(=O)C=C1CC[C@@H]1[C@H]2CC[C@@]2(C)[C@@H]1CC[C@]2(O)C(=O)COC(=O)CCC(=O)NCCCCCC(=O)N[C@@H](Cc1ccccc1)C(=O)O. The van der Waals surface area contributed by atoms with E-state index in [1.54, 1.807) is 0 Å². The van der Waals surface area contributed by atoms with Crippen LogP contribution in [0.1, 0.15) is 109 Å². The van der Waals surface area contributed by atoms with Gasteiger partial charge in [-0.1, -0.05) is 56.2 Å². The Morgan fingerprint density at radius 1 is 0.882 bits per heavy atom. The molecular weight excluding hydrogens is 652 g/mol. The summed E-state index contributed by atoms with van der Waals surface area (Å²) in [5.74, 6) is -1.69. The number of fused-ring (bicyclic) bond motifs is 5. The highest BCUT2D eigenvalue weighted by atomic mass is 16.5. The van der Waals surface area contributed by atoms with Gasteiger partial charge in [0.05, 0.1) is 6.42 Å². The van der Waals surface area contributed by atoms with Crippen molar-refractivity contribution in [2.45, 2.75) is 122 Å². The van der Waals surface area contributed by atoms with Crippen molar-refractivity contribution in [3.05, 3.63) is 47.5 Å². The summed E-state index contributed by atoms with van der Waals surface area (Å²) in [6.07, 6.45) is 9.75. The van der Waals surface area contributed by atoms with Crippen LogP contribution in [-0.2, 0) is 39.9 Å². The summed E-state index contributed by atoms with van der Waals surface area (Å²) in [6, 6.07) is 8.09. The monoisotopic (exact) mass is 706 g/mol. The zero-order valence-electron chi connectivity index (χ0n) is 30.0. The van der Waals surface area contributed by atoms with Gasteiger partial charge in [0, 0.05) is 37.6 Å². The second-order valence-corrected chi connectivity index (χ2v) is 15.7. The van der Waals surface area contributed by atoms with Crippen molar-refractivity contribution < 1.29 is 43.7 Å². The molecule has 0 bridgehead atoms. The number of hydrogen-bond donors (Lipinski definition) is 4. The molecule has 0 radical (unpaired) electrons. The molecule has 0 saturated heterocycles. The van der Waals surface area contributed by atoms with Gasteiger partial charge in [0.15, 0.2) is 12.4 Å². The van der Waals surface area contributed by atoms with E-state index in [0.717, 1.165) is 37.7 Å². The van der Waals surface area contributed by atoms with Crippen molar-refractivity contribution >= 4 is 35.3 Å². The molecular formula is C40H54N2O9. The topological polar surface area (TPSA) is 176 Å².